The highest BCUT2D eigenvalue weighted by molar-refractivity contribution is 5.41. The Balaban J connectivity index is 1.96. The average Bonchev–Trinajstić information content (AvgIpc) is 2.40. The number of anilines is 1. The zero-order chi connectivity index (χ0) is 12.8. The van der Waals surface area contributed by atoms with Crippen LogP contribution in [0.5, 0.6) is 0 Å². The van der Waals surface area contributed by atoms with Crippen LogP contribution in [0, 0.1) is 0 Å². The third-order valence-corrected chi connectivity index (χ3v) is 2.57. The highest BCUT2D eigenvalue weighted by Gasteiger charge is 2.04. The van der Waals surface area contributed by atoms with Gasteiger partial charge in [0.25, 0.3) is 0 Å². The maximum absolute atomic E-state index is 5.37. The number of nitrogens with zero attached hydrogens (tertiary/aromatic N) is 3. The molecule has 0 bridgehead atoms. The number of hydrogen-bond donors (Lipinski definition) is 2. The van der Waals surface area contributed by atoms with Crippen LogP contribution < -0.4 is 11.3 Å². The number of rotatable bonds is 5. The smallest absolute Gasteiger partial charge is 0.0564 e. The second-order valence-electron chi connectivity index (χ2n) is 4.17. The minimum atomic E-state index is 0.756. The number of nitrogens with one attached hydrogen (secondary N) is 1. The number of hydrogen-bond acceptors (Lipinski definition) is 5. The van der Waals surface area contributed by atoms with E-state index in [-0.39, 0.29) is 0 Å². The molecule has 0 fully saturated rings. The fourth-order valence-corrected chi connectivity index (χ4v) is 1.76. The minimum Gasteiger partial charge on any atom is -0.324 e. The molecule has 18 heavy (non-hydrogen) atoms. The van der Waals surface area contributed by atoms with Gasteiger partial charge < -0.3 is 5.43 Å². The van der Waals surface area contributed by atoms with Crippen LogP contribution in [0.4, 0.5) is 5.69 Å². The first-order valence-electron chi connectivity index (χ1n) is 5.78. The number of hydrazine groups is 1. The molecule has 0 aromatic carbocycles. The molecule has 0 aliphatic carbocycles. The van der Waals surface area contributed by atoms with Gasteiger partial charge in [-0.3, -0.25) is 20.7 Å². The summed E-state index contributed by atoms with van der Waals surface area (Å²) in [7, 11) is 2.04. The van der Waals surface area contributed by atoms with E-state index >= 15 is 0 Å². The van der Waals surface area contributed by atoms with E-state index in [0.29, 0.717) is 0 Å². The van der Waals surface area contributed by atoms with Gasteiger partial charge in [0.15, 0.2) is 0 Å². The van der Waals surface area contributed by atoms with Crippen LogP contribution in [0.25, 0.3) is 0 Å². The molecule has 0 aliphatic heterocycles. The van der Waals surface area contributed by atoms with Gasteiger partial charge in [-0.05, 0) is 31.3 Å². The van der Waals surface area contributed by atoms with E-state index < -0.39 is 0 Å². The normalized spacial score (nSPS) is 10.6. The Bertz CT molecular complexity index is 486. The molecule has 2 aromatic rings. The van der Waals surface area contributed by atoms with E-state index in [1.54, 1.807) is 12.4 Å². The maximum Gasteiger partial charge on any atom is 0.0564 e. The zero-order valence-electron chi connectivity index (χ0n) is 10.4. The van der Waals surface area contributed by atoms with Crippen LogP contribution >= 0.6 is 0 Å². The van der Waals surface area contributed by atoms with Crippen LogP contribution in [-0.4, -0.2) is 21.9 Å². The fraction of sp³-hybridized carbons (Fsp3) is 0.231. The first-order valence-corrected chi connectivity index (χ1v) is 5.78. The molecule has 0 spiro atoms. The summed E-state index contributed by atoms with van der Waals surface area (Å²) < 4.78 is 0. The lowest BCUT2D eigenvalue weighted by Crippen LogP contribution is -2.19. The largest absolute Gasteiger partial charge is 0.324 e. The van der Waals surface area contributed by atoms with E-state index in [1.807, 2.05) is 37.4 Å². The van der Waals surface area contributed by atoms with Crippen molar-refractivity contribution >= 4 is 5.69 Å². The van der Waals surface area contributed by atoms with Crippen LogP contribution in [0.2, 0.25) is 0 Å². The molecule has 94 valence electrons. The molecule has 5 nitrogen and oxygen atoms in total. The van der Waals surface area contributed by atoms with Crippen molar-refractivity contribution in [1.29, 1.82) is 0 Å². The summed E-state index contributed by atoms with van der Waals surface area (Å²) in [5.74, 6) is 5.37. The molecule has 2 rings (SSSR count). The summed E-state index contributed by atoms with van der Waals surface area (Å²) in [5.41, 5.74) is 5.51. The number of pyridine rings is 2. The molecule has 0 atom stereocenters. The quantitative estimate of drug-likeness (QED) is 0.613. The Morgan fingerprint density at radius 2 is 1.89 bits per heavy atom. The molecule has 3 N–H and O–H groups in total. The molecular formula is C13H17N5. The van der Waals surface area contributed by atoms with Crippen molar-refractivity contribution < 1.29 is 0 Å². The van der Waals surface area contributed by atoms with Crippen molar-refractivity contribution in [3.63, 3.8) is 0 Å². The molecule has 0 radical (unpaired) electrons. The van der Waals surface area contributed by atoms with E-state index in [9.17, 15) is 0 Å². The lowest BCUT2D eigenvalue weighted by Gasteiger charge is -2.15. The molecule has 0 unspecified atom stereocenters. The second kappa shape index (κ2) is 6.09. The van der Waals surface area contributed by atoms with Gasteiger partial charge in [-0.25, -0.2) is 0 Å². The lowest BCUT2D eigenvalue weighted by molar-refractivity contribution is 0.311. The zero-order valence-corrected chi connectivity index (χ0v) is 10.4. The summed E-state index contributed by atoms with van der Waals surface area (Å²) in [6, 6.07) is 9.70. The molecule has 2 heterocycles. The van der Waals surface area contributed by atoms with E-state index in [0.717, 1.165) is 30.2 Å². The predicted octanol–water partition coefficient (Wildman–Crippen LogP) is 1.39. The lowest BCUT2D eigenvalue weighted by atomic mass is 10.3. The van der Waals surface area contributed by atoms with Crippen LogP contribution in [0.15, 0.2) is 42.7 Å². The van der Waals surface area contributed by atoms with Gasteiger partial charge >= 0.3 is 0 Å². The van der Waals surface area contributed by atoms with Gasteiger partial charge in [0.05, 0.1) is 17.1 Å². The summed E-state index contributed by atoms with van der Waals surface area (Å²) in [6.45, 7) is 1.55. The Kier molecular flexibility index (Phi) is 4.22. The van der Waals surface area contributed by atoms with Gasteiger partial charge in [0.1, 0.15) is 0 Å². The van der Waals surface area contributed by atoms with Crippen molar-refractivity contribution in [2.45, 2.75) is 13.1 Å². The third-order valence-electron chi connectivity index (χ3n) is 2.57. The Hall–Kier alpha value is -1.98. The SMILES string of the molecule is CN(Cc1ccccn1)Cc1cc(NN)ccn1. The maximum atomic E-state index is 5.37. The van der Waals surface area contributed by atoms with Gasteiger partial charge in [0, 0.05) is 25.5 Å². The summed E-state index contributed by atoms with van der Waals surface area (Å²) in [6.07, 6.45) is 3.56. The van der Waals surface area contributed by atoms with Gasteiger partial charge in [-0.1, -0.05) is 6.07 Å². The van der Waals surface area contributed by atoms with E-state index in [2.05, 4.69) is 20.3 Å². The second-order valence-corrected chi connectivity index (χ2v) is 4.17. The highest BCUT2D eigenvalue weighted by Crippen LogP contribution is 2.09. The summed E-state index contributed by atoms with van der Waals surface area (Å²) in [4.78, 5) is 10.8. The standard InChI is InChI=1S/C13H17N5/c1-18(9-12-4-2-3-6-15-12)10-13-8-11(17-14)5-7-16-13/h2-8H,9-10,14H2,1H3,(H,16,17). The first kappa shape index (κ1) is 12.5. The van der Waals surface area contributed by atoms with Crippen molar-refractivity contribution in [2.75, 3.05) is 12.5 Å². The van der Waals surface area contributed by atoms with Crippen LogP contribution in [0.3, 0.4) is 0 Å². The van der Waals surface area contributed by atoms with Gasteiger partial charge in [-0.15, -0.1) is 0 Å². The molecule has 0 saturated carbocycles. The van der Waals surface area contributed by atoms with Crippen molar-refractivity contribution in [2.24, 2.45) is 5.84 Å². The van der Waals surface area contributed by atoms with E-state index in [1.165, 1.54) is 0 Å². The Morgan fingerprint density at radius 1 is 1.11 bits per heavy atom. The first-order chi connectivity index (χ1) is 8.78. The topological polar surface area (TPSA) is 67.1 Å². The van der Waals surface area contributed by atoms with Crippen LogP contribution in [-0.2, 0) is 13.1 Å². The van der Waals surface area contributed by atoms with Crippen molar-refractivity contribution in [1.82, 2.24) is 14.9 Å². The highest BCUT2D eigenvalue weighted by atomic mass is 15.2. The minimum absolute atomic E-state index is 0.756. The number of aromatic nitrogens is 2. The average molecular weight is 243 g/mol. The molecule has 0 aliphatic rings. The molecule has 5 heteroatoms. The fourth-order valence-electron chi connectivity index (χ4n) is 1.76. The monoisotopic (exact) mass is 243 g/mol. The molecule has 2 aromatic heterocycles. The van der Waals surface area contributed by atoms with Gasteiger partial charge in [-0.2, -0.15) is 0 Å². The Labute approximate surface area is 107 Å². The van der Waals surface area contributed by atoms with Crippen LogP contribution in [0.1, 0.15) is 11.4 Å². The van der Waals surface area contributed by atoms with E-state index in [4.69, 9.17) is 5.84 Å². The predicted molar refractivity (Wildman–Crippen MR) is 71.5 cm³/mol. The Morgan fingerprint density at radius 3 is 2.61 bits per heavy atom. The summed E-state index contributed by atoms with van der Waals surface area (Å²) >= 11 is 0. The molecular weight excluding hydrogens is 226 g/mol. The van der Waals surface area contributed by atoms with Crippen molar-refractivity contribution in [3.05, 3.63) is 54.1 Å². The number of nitrogen functional groups attached to an aromatic ring is 1. The molecule has 0 amide bonds. The van der Waals surface area contributed by atoms with Crippen molar-refractivity contribution in [3.8, 4) is 0 Å². The third kappa shape index (κ3) is 3.51. The summed E-state index contributed by atoms with van der Waals surface area (Å²) in [5, 5.41) is 0. The van der Waals surface area contributed by atoms with Gasteiger partial charge in [0.2, 0.25) is 0 Å². The number of nitrogens with two attached hydrogens (primary N) is 1. The molecule has 0 saturated heterocycles.